The number of rotatable bonds is 5. The van der Waals surface area contributed by atoms with Crippen molar-refractivity contribution in [2.45, 2.75) is 13.3 Å². The largest absolute Gasteiger partial charge is 0.478 e. The number of hydrogen-bond acceptors (Lipinski definition) is 3. The molecule has 0 aliphatic rings. The second kappa shape index (κ2) is 6.42. The molecule has 2 N–H and O–H groups in total. The Kier molecular flexibility index (Phi) is 4.87. The zero-order valence-corrected chi connectivity index (χ0v) is 9.51. The van der Waals surface area contributed by atoms with Crippen molar-refractivity contribution in [2.75, 3.05) is 6.54 Å². The molecule has 0 aliphatic carbocycles. The molecule has 0 saturated heterocycles. The quantitative estimate of drug-likeness (QED) is 0.753. The lowest BCUT2D eigenvalue weighted by molar-refractivity contribution is -0.131. The summed E-state index contributed by atoms with van der Waals surface area (Å²) >= 11 is 0. The first kappa shape index (κ1) is 12.9. The minimum Gasteiger partial charge on any atom is -0.478 e. The van der Waals surface area contributed by atoms with Gasteiger partial charge in [0.15, 0.2) is 0 Å². The van der Waals surface area contributed by atoms with E-state index in [0.717, 1.165) is 12.5 Å². The van der Waals surface area contributed by atoms with Crippen molar-refractivity contribution >= 4 is 18.0 Å². The van der Waals surface area contributed by atoms with Gasteiger partial charge in [-0.15, -0.1) is 0 Å². The van der Waals surface area contributed by atoms with Gasteiger partial charge in [0.2, 0.25) is 0 Å². The van der Waals surface area contributed by atoms with E-state index < -0.39 is 5.97 Å². The molecule has 0 unspecified atom stereocenters. The van der Waals surface area contributed by atoms with E-state index in [1.54, 1.807) is 6.07 Å². The fraction of sp³-hybridized carbons (Fsp3) is 0.250. The number of aliphatic carboxylic acids is 1. The molecule has 0 bridgehead atoms. The first-order valence-electron chi connectivity index (χ1n) is 5.27. The maximum Gasteiger partial charge on any atom is 0.328 e. The molecule has 1 rings (SSSR count). The van der Waals surface area contributed by atoms with Crippen LogP contribution in [0.4, 0.5) is 0 Å². The van der Waals surface area contributed by atoms with E-state index in [1.165, 1.54) is 18.5 Å². The molecule has 0 fully saturated rings. The summed E-state index contributed by atoms with van der Waals surface area (Å²) in [4.78, 5) is 25.8. The SMILES string of the molecule is CCCNC(=O)c1cncc(C=CC(=O)O)c1. The van der Waals surface area contributed by atoms with Crippen LogP contribution in [0.2, 0.25) is 0 Å². The molecule has 5 nitrogen and oxygen atoms in total. The molecule has 1 aromatic rings. The lowest BCUT2D eigenvalue weighted by atomic mass is 10.2. The molecule has 0 saturated carbocycles. The number of nitrogens with zero attached hydrogens (tertiary/aromatic N) is 1. The first-order valence-corrected chi connectivity index (χ1v) is 5.27. The molecule has 5 heteroatoms. The zero-order valence-electron chi connectivity index (χ0n) is 9.51. The number of carbonyl (C=O) groups is 2. The molecular weight excluding hydrogens is 220 g/mol. The highest BCUT2D eigenvalue weighted by molar-refractivity contribution is 5.94. The number of hydrogen-bond donors (Lipinski definition) is 2. The number of nitrogens with one attached hydrogen (secondary N) is 1. The Morgan fingerprint density at radius 1 is 1.47 bits per heavy atom. The molecule has 0 radical (unpaired) electrons. The molecule has 1 heterocycles. The lowest BCUT2D eigenvalue weighted by Gasteiger charge is -2.03. The van der Waals surface area contributed by atoms with Crippen LogP contribution in [0.15, 0.2) is 24.5 Å². The van der Waals surface area contributed by atoms with E-state index in [0.29, 0.717) is 17.7 Å². The van der Waals surface area contributed by atoms with Gasteiger partial charge in [-0.05, 0) is 24.1 Å². The second-order valence-corrected chi connectivity index (χ2v) is 3.43. The Balaban J connectivity index is 2.78. The summed E-state index contributed by atoms with van der Waals surface area (Å²) in [5.74, 6) is -1.24. The number of pyridine rings is 1. The average molecular weight is 234 g/mol. The number of carboxylic acids is 1. The highest BCUT2D eigenvalue weighted by atomic mass is 16.4. The molecule has 0 spiro atoms. The number of aromatic nitrogens is 1. The molecule has 0 atom stereocenters. The highest BCUT2D eigenvalue weighted by Crippen LogP contribution is 2.04. The zero-order chi connectivity index (χ0) is 12.7. The molecule has 1 amide bonds. The Bertz CT molecular complexity index is 441. The summed E-state index contributed by atoms with van der Waals surface area (Å²) in [5.41, 5.74) is 1.00. The number of carbonyl (C=O) groups excluding carboxylic acids is 1. The van der Waals surface area contributed by atoms with Gasteiger partial charge in [-0.3, -0.25) is 9.78 Å². The summed E-state index contributed by atoms with van der Waals surface area (Å²) < 4.78 is 0. The third kappa shape index (κ3) is 4.46. The third-order valence-electron chi connectivity index (χ3n) is 1.98. The highest BCUT2D eigenvalue weighted by Gasteiger charge is 2.04. The van der Waals surface area contributed by atoms with Crippen molar-refractivity contribution in [1.29, 1.82) is 0 Å². The van der Waals surface area contributed by atoms with Crippen molar-refractivity contribution in [3.05, 3.63) is 35.7 Å². The maximum atomic E-state index is 11.6. The number of carboxylic acid groups (broad SMARTS) is 1. The van der Waals surface area contributed by atoms with Gasteiger partial charge in [0, 0.05) is 25.0 Å². The first-order chi connectivity index (χ1) is 8.13. The van der Waals surface area contributed by atoms with Crippen molar-refractivity contribution in [3.63, 3.8) is 0 Å². The van der Waals surface area contributed by atoms with Crippen LogP contribution in [0.3, 0.4) is 0 Å². The van der Waals surface area contributed by atoms with Crippen LogP contribution in [0.25, 0.3) is 6.08 Å². The van der Waals surface area contributed by atoms with E-state index >= 15 is 0 Å². The minimum absolute atomic E-state index is 0.204. The number of amides is 1. The van der Waals surface area contributed by atoms with Gasteiger partial charge in [-0.2, -0.15) is 0 Å². The van der Waals surface area contributed by atoms with Crippen molar-refractivity contribution < 1.29 is 14.7 Å². The van der Waals surface area contributed by atoms with Crippen molar-refractivity contribution in [2.24, 2.45) is 0 Å². The molecule has 17 heavy (non-hydrogen) atoms. The van der Waals surface area contributed by atoms with Gasteiger partial charge in [0.05, 0.1) is 5.56 Å². The van der Waals surface area contributed by atoms with Crippen LogP contribution in [0.1, 0.15) is 29.3 Å². The van der Waals surface area contributed by atoms with Gasteiger partial charge in [-0.1, -0.05) is 6.92 Å². The van der Waals surface area contributed by atoms with Gasteiger partial charge < -0.3 is 10.4 Å². The Hall–Kier alpha value is -2.17. The average Bonchev–Trinajstić information content (AvgIpc) is 2.33. The van der Waals surface area contributed by atoms with Crippen LogP contribution in [-0.4, -0.2) is 28.5 Å². The van der Waals surface area contributed by atoms with E-state index in [-0.39, 0.29) is 5.91 Å². The predicted octanol–water partition coefficient (Wildman–Crippen LogP) is 1.32. The molecule has 0 aliphatic heterocycles. The lowest BCUT2D eigenvalue weighted by Crippen LogP contribution is -2.24. The summed E-state index contributed by atoms with van der Waals surface area (Å²) in [6, 6.07) is 1.59. The fourth-order valence-electron chi connectivity index (χ4n) is 1.18. The Morgan fingerprint density at radius 3 is 2.88 bits per heavy atom. The van der Waals surface area contributed by atoms with E-state index in [4.69, 9.17) is 5.11 Å². The molecule has 1 aromatic heterocycles. The van der Waals surface area contributed by atoms with Crippen LogP contribution < -0.4 is 5.32 Å². The van der Waals surface area contributed by atoms with Crippen LogP contribution in [0, 0.1) is 0 Å². The van der Waals surface area contributed by atoms with E-state index in [1.807, 2.05) is 6.92 Å². The predicted molar refractivity (Wildman–Crippen MR) is 63.5 cm³/mol. The molecular formula is C12H14N2O3. The monoisotopic (exact) mass is 234 g/mol. The van der Waals surface area contributed by atoms with Gasteiger partial charge in [-0.25, -0.2) is 4.79 Å². The van der Waals surface area contributed by atoms with Gasteiger partial charge in [0.25, 0.3) is 5.91 Å². The topological polar surface area (TPSA) is 79.3 Å². The smallest absolute Gasteiger partial charge is 0.328 e. The van der Waals surface area contributed by atoms with Crippen molar-refractivity contribution in [3.8, 4) is 0 Å². The normalized spacial score (nSPS) is 10.4. The molecule has 90 valence electrons. The van der Waals surface area contributed by atoms with E-state index in [2.05, 4.69) is 10.3 Å². The summed E-state index contributed by atoms with van der Waals surface area (Å²) in [6.07, 6.45) is 6.20. The summed E-state index contributed by atoms with van der Waals surface area (Å²) in [7, 11) is 0. The molecule has 0 aromatic carbocycles. The Labute approximate surface area is 99.2 Å². The summed E-state index contributed by atoms with van der Waals surface area (Å²) in [5, 5.41) is 11.2. The second-order valence-electron chi connectivity index (χ2n) is 3.43. The minimum atomic E-state index is -1.04. The van der Waals surface area contributed by atoms with Crippen LogP contribution >= 0.6 is 0 Å². The van der Waals surface area contributed by atoms with Gasteiger partial charge in [0.1, 0.15) is 0 Å². The standard InChI is InChI=1S/C12H14N2O3/c1-2-5-14-12(17)10-6-9(7-13-8-10)3-4-11(15)16/h3-4,6-8H,2,5H2,1H3,(H,14,17)(H,15,16). The Morgan fingerprint density at radius 2 is 2.24 bits per heavy atom. The van der Waals surface area contributed by atoms with Crippen LogP contribution in [0.5, 0.6) is 0 Å². The van der Waals surface area contributed by atoms with Crippen molar-refractivity contribution in [1.82, 2.24) is 10.3 Å². The van der Waals surface area contributed by atoms with E-state index in [9.17, 15) is 9.59 Å². The van der Waals surface area contributed by atoms with Crippen LogP contribution in [-0.2, 0) is 4.79 Å². The maximum absolute atomic E-state index is 11.6. The third-order valence-corrected chi connectivity index (χ3v) is 1.98. The van der Waals surface area contributed by atoms with Gasteiger partial charge >= 0.3 is 5.97 Å². The summed E-state index contributed by atoms with van der Waals surface area (Å²) in [6.45, 7) is 2.57. The fourth-order valence-corrected chi connectivity index (χ4v) is 1.18.